The number of nitrogens with zero attached hydrogens (tertiary/aromatic N) is 3. The fourth-order valence-electron chi connectivity index (χ4n) is 3.30. The summed E-state index contributed by atoms with van der Waals surface area (Å²) in [7, 11) is -3.00. The minimum absolute atomic E-state index is 0.00902. The van der Waals surface area contributed by atoms with Gasteiger partial charge in [-0.1, -0.05) is 26.0 Å². The molecule has 0 spiro atoms. The first-order valence-corrected chi connectivity index (χ1v) is 10.2. The number of hydrogen-bond donors (Lipinski definition) is 0. The second-order valence-corrected chi connectivity index (χ2v) is 8.45. The maximum Gasteiger partial charge on any atom is 0.245 e. The number of carbonyl (C=O) groups is 1. The van der Waals surface area contributed by atoms with E-state index in [1.165, 1.54) is 0 Å². The molecule has 3 rings (SSSR count). The van der Waals surface area contributed by atoms with Crippen molar-refractivity contribution in [1.82, 2.24) is 14.5 Å². The van der Waals surface area contributed by atoms with Gasteiger partial charge in [-0.25, -0.2) is 13.4 Å². The van der Waals surface area contributed by atoms with Gasteiger partial charge in [0.15, 0.2) is 9.84 Å². The van der Waals surface area contributed by atoms with Crippen LogP contribution in [0, 0.1) is 0 Å². The van der Waals surface area contributed by atoms with Crippen molar-refractivity contribution < 1.29 is 13.2 Å². The summed E-state index contributed by atoms with van der Waals surface area (Å²) in [5.74, 6) is 0.993. The molecule has 1 saturated heterocycles. The minimum atomic E-state index is -3.00. The predicted octanol–water partition coefficient (Wildman–Crippen LogP) is 1.81. The van der Waals surface area contributed by atoms with E-state index in [4.69, 9.17) is 0 Å². The Labute approximate surface area is 142 Å². The van der Waals surface area contributed by atoms with E-state index in [0.29, 0.717) is 6.42 Å². The topological polar surface area (TPSA) is 72.3 Å². The first-order valence-electron chi connectivity index (χ1n) is 8.42. The van der Waals surface area contributed by atoms with Crippen LogP contribution in [0.25, 0.3) is 11.0 Å². The van der Waals surface area contributed by atoms with Crippen LogP contribution in [0.15, 0.2) is 24.3 Å². The molecule has 0 bridgehead atoms. The van der Waals surface area contributed by atoms with E-state index in [1.54, 1.807) is 4.90 Å². The fourth-order valence-corrected chi connectivity index (χ4v) is 4.50. The number of para-hydroxylation sites is 2. The normalized spacial score (nSPS) is 18.7. The van der Waals surface area contributed by atoms with Crippen LogP contribution in [0.5, 0.6) is 0 Å². The average Bonchev–Trinajstić information content (AvgIpc) is 2.94. The van der Waals surface area contributed by atoms with E-state index in [-0.39, 0.29) is 36.5 Å². The number of carbonyl (C=O) groups excluding carboxylic acids is 1. The van der Waals surface area contributed by atoms with E-state index in [0.717, 1.165) is 23.3 Å². The molecule has 24 heavy (non-hydrogen) atoms. The minimum Gasteiger partial charge on any atom is -0.339 e. The predicted molar refractivity (Wildman–Crippen MR) is 93.7 cm³/mol. The Morgan fingerprint density at radius 3 is 2.50 bits per heavy atom. The van der Waals surface area contributed by atoms with Gasteiger partial charge in [0.2, 0.25) is 5.91 Å². The highest BCUT2D eigenvalue weighted by molar-refractivity contribution is 7.91. The largest absolute Gasteiger partial charge is 0.339 e. The first-order chi connectivity index (χ1) is 11.5. The van der Waals surface area contributed by atoms with E-state index in [9.17, 15) is 13.2 Å². The van der Waals surface area contributed by atoms with Gasteiger partial charge in [0, 0.05) is 19.5 Å². The molecule has 130 valence electrons. The SMILES string of the molecule is CCc1nc2ccccc2n1[C@H](CC)C(=O)N1CCS(=O)(=O)CC1. The molecular formula is C17H23N3O3S. The summed E-state index contributed by atoms with van der Waals surface area (Å²) in [4.78, 5) is 19.4. The number of aromatic nitrogens is 2. The van der Waals surface area contributed by atoms with Gasteiger partial charge in [-0.05, 0) is 18.6 Å². The van der Waals surface area contributed by atoms with Gasteiger partial charge in [-0.3, -0.25) is 4.79 Å². The van der Waals surface area contributed by atoms with E-state index >= 15 is 0 Å². The van der Waals surface area contributed by atoms with E-state index < -0.39 is 9.84 Å². The van der Waals surface area contributed by atoms with Gasteiger partial charge in [-0.2, -0.15) is 0 Å². The number of aryl methyl sites for hydroxylation is 1. The zero-order valence-corrected chi connectivity index (χ0v) is 14.9. The van der Waals surface area contributed by atoms with E-state index in [2.05, 4.69) is 4.98 Å². The van der Waals surface area contributed by atoms with Crippen LogP contribution in [0.1, 0.15) is 32.1 Å². The summed E-state index contributed by atoms with van der Waals surface area (Å²) in [5.41, 5.74) is 1.85. The number of imidazole rings is 1. The molecule has 2 heterocycles. The van der Waals surface area contributed by atoms with Crippen molar-refractivity contribution in [2.45, 2.75) is 32.7 Å². The van der Waals surface area contributed by atoms with Crippen LogP contribution in [0.4, 0.5) is 0 Å². The number of amides is 1. The third-order valence-corrected chi connectivity index (χ3v) is 6.23. The highest BCUT2D eigenvalue weighted by Gasteiger charge is 2.31. The number of benzene rings is 1. The van der Waals surface area contributed by atoms with Crippen molar-refractivity contribution in [3.05, 3.63) is 30.1 Å². The lowest BCUT2D eigenvalue weighted by atomic mass is 10.1. The maximum absolute atomic E-state index is 13.0. The van der Waals surface area contributed by atoms with Crippen LogP contribution in [0.3, 0.4) is 0 Å². The lowest BCUT2D eigenvalue weighted by Gasteiger charge is -2.31. The standard InChI is InChI=1S/C17H23N3O3S/c1-3-14(17(21)19-9-11-24(22,23)12-10-19)20-15-8-6-5-7-13(15)18-16(20)4-2/h5-8,14H,3-4,9-12H2,1-2H3/t14-/m1/s1. The molecule has 0 saturated carbocycles. The molecular weight excluding hydrogens is 326 g/mol. The van der Waals surface area contributed by atoms with Crippen molar-refractivity contribution in [3.63, 3.8) is 0 Å². The molecule has 1 aromatic carbocycles. The average molecular weight is 349 g/mol. The summed E-state index contributed by atoms with van der Waals surface area (Å²) < 4.78 is 25.2. The van der Waals surface area contributed by atoms with Crippen LogP contribution in [-0.2, 0) is 21.1 Å². The van der Waals surface area contributed by atoms with Gasteiger partial charge in [0.1, 0.15) is 11.9 Å². The Kier molecular flexibility index (Phi) is 4.62. The molecule has 1 aromatic heterocycles. The summed E-state index contributed by atoms with van der Waals surface area (Å²) in [6.07, 6.45) is 1.39. The molecule has 0 aliphatic carbocycles. The summed E-state index contributed by atoms with van der Waals surface area (Å²) in [6, 6.07) is 7.49. The smallest absolute Gasteiger partial charge is 0.245 e. The van der Waals surface area contributed by atoms with Crippen molar-refractivity contribution in [1.29, 1.82) is 0 Å². The third kappa shape index (κ3) is 3.05. The van der Waals surface area contributed by atoms with Crippen LogP contribution >= 0.6 is 0 Å². The molecule has 0 radical (unpaired) electrons. The second kappa shape index (κ2) is 6.55. The van der Waals surface area contributed by atoms with Crippen LogP contribution in [-0.4, -0.2) is 53.4 Å². The van der Waals surface area contributed by atoms with Crippen molar-refractivity contribution in [2.75, 3.05) is 24.6 Å². The molecule has 1 fully saturated rings. The molecule has 2 aromatic rings. The number of sulfone groups is 1. The summed E-state index contributed by atoms with van der Waals surface area (Å²) in [6.45, 7) is 4.58. The van der Waals surface area contributed by atoms with Gasteiger partial charge in [0.25, 0.3) is 0 Å². The molecule has 1 aliphatic rings. The third-order valence-electron chi connectivity index (χ3n) is 4.62. The van der Waals surface area contributed by atoms with E-state index in [1.807, 2.05) is 42.7 Å². The Morgan fingerprint density at radius 1 is 1.21 bits per heavy atom. The Morgan fingerprint density at radius 2 is 1.88 bits per heavy atom. The van der Waals surface area contributed by atoms with Crippen LogP contribution < -0.4 is 0 Å². The first kappa shape index (κ1) is 17.0. The number of hydrogen-bond acceptors (Lipinski definition) is 4. The number of fused-ring (bicyclic) bond motifs is 1. The van der Waals surface area contributed by atoms with Gasteiger partial charge >= 0.3 is 0 Å². The number of rotatable bonds is 4. The summed E-state index contributed by atoms with van der Waals surface area (Å²) >= 11 is 0. The molecule has 1 atom stereocenters. The highest BCUT2D eigenvalue weighted by Crippen LogP contribution is 2.26. The zero-order valence-electron chi connectivity index (χ0n) is 14.1. The van der Waals surface area contributed by atoms with Crippen LogP contribution in [0.2, 0.25) is 0 Å². The van der Waals surface area contributed by atoms with Crippen molar-refractivity contribution in [3.8, 4) is 0 Å². The monoisotopic (exact) mass is 349 g/mol. The Balaban J connectivity index is 1.96. The molecule has 1 aliphatic heterocycles. The quantitative estimate of drug-likeness (QED) is 0.844. The summed E-state index contributed by atoms with van der Waals surface area (Å²) in [5, 5.41) is 0. The zero-order chi connectivity index (χ0) is 17.3. The van der Waals surface area contributed by atoms with Gasteiger partial charge < -0.3 is 9.47 Å². The highest BCUT2D eigenvalue weighted by atomic mass is 32.2. The fraction of sp³-hybridized carbons (Fsp3) is 0.529. The lowest BCUT2D eigenvalue weighted by molar-refractivity contribution is -0.134. The molecule has 0 N–H and O–H groups in total. The Bertz CT molecular complexity index is 843. The molecule has 7 heteroatoms. The molecule has 0 unspecified atom stereocenters. The second-order valence-electron chi connectivity index (χ2n) is 6.14. The lowest BCUT2D eigenvalue weighted by Crippen LogP contribution is -2.46. The maximum atomic E-state index is 13.0. The van der Waals surface area contributed by atoms with Gasteiger partial charge in [0.05, 0.1) is 22.5 Å². The molecule has 6 nitrogen and oxygen atoms in total. The molecule has 1 amide bonds. The van der Waals surface area contributed by atoms with Crippen molar-refractivity contribution in [2.24, 2.45) is 0 Å². The van der Waals surface area contributed by atoms with Gasteiger partial charge in [-0.15, -0.1) is 0 Å². The van der Waals surface area contributed by atoms with Crippen molar-refractivity contribution >= 4 is 26.8 Å². The Hall–Kier alpha value is -1.89.